The molecule has 12 heavy (non-hydrogen) atoms. The van der Waals surface area contributed by atoms with Crippen LogP contribution in [0.1, 0.15) is 15.2 Å². The molecule has 0 bridgehead atoms. The first-order valence-electron chi connectivity index (χ1n) is 3.36. The SMILES string of the molecule is CSCc1ccsc1C(=O)NN. The van der Waals surface area contributed by atoms with Gasteiger partial charge in [-0.1, -0.05) is 0 Å². The van der Waals surface area contributed by atoms with Gasteiger partial charge in [-0.3, -0.25) is 10.2 Å². The van der Waals surface area contributed by atoms with E-state index in [1.807, 2.05) is 17.7 Å². The molecule has 1 aromatic rings. The first-order chi connectivity index (χ1) is 5.79. The van der Waals surface area contributed by atoms with Crippen molar-refractivity contribution in [3.05, 3.63) is 21.9 Å². The largest absolute Gasteiger partial charge is 0.289 e. The maximum Gasteiger partial charge on any atom is 0.275 e. The van der Waals surface area contributed by atoms with Gasteiger partial charge in [0.05, 0.1) is 4.88 Å². The molecule has 0 aromatic carbocycles. The van der Waals surface area contributed by atoms with Gasteiger partial charge in [0.2, 0.25) is 0 Å². The highest BCUT2D eigenvalue weighted by atomic mass is 32.2. The van der Waals surface area contributed by atoms with Crippen LogP contribution in [-0.2, 0) is 5.75 Å². The molecular formula is C7H10N2OS2. The normalized spacial score (nSPS) is 9.83. The Labute approximate surface area is 79.3 Å². The smallest absolute Gasteiger partial charge is 0.275 e. The molecule has 3 nitrogen and oxygen atoms in total. The van der Waals surface area contributed by atoms with Crippen LogP contribution in [0.2, 0.25) is 0 Å². The zero-order valence-corrected chi connectivity index (χ0v) is 8.30. The summed E-state index contributed by atoms with van der Waals surface area (Å²) in [5.41, 5.74) is 3.18. The minimum absolute atomic E-state index is 0.200. The zero-order chi connectivity index (χ0) is 8.97. The highest BCUT2D eigenvalue weighted by molar-refractivity contribution is 7.97. The average Bonchev–Trinajstić information content (AvgIpc) is 2.52. The number of thioether (sulfide) groups is 1. The van der Waals surface area contributed by atoms with Gasteiger partial charge < -0.3 is 0 Å². The van der Waals surface area contributed by atoms with Crippen molar-refractivity contribution >= 4 is 29.0 Å². The molecule has 0 spiro atoms. The number of carbonyl (C=O) groups excluding carboxylic acids is 1. The molecule has 0 radical (unpaired) electrons. The van der Waals surface area contributed by atoms with Crippen LogP contribution < -0.4 is 11.3 Å². The van der Waals surface area contributed by atoms with Crippen molar-refractivity contribution in [2.45, 2.75) is 5.75 Å². The Morgan fingerprint density at radius 2 is 2.58 bits per heavy atom. The molecule has 0 aliphatic heterocycles. The molecule has 3 N–H and O–H groups in total. The molecule has 0 atom stereocenters. The average molecular weight is 202 g/mol. The third kappa shape index (κ3) is 2.00. The number of rotatable bonds is 3. The van der Waals surface area contributed by atoms with E-state index in [-0.39, 0.29) is 5.91 Å². The number of thiophene rings is 1. The van der Waals surface area contributed by atoms with Crippen molar-refractivity contribution in [1.82, 2.24) is 5.43 Å². The number of nitrogens with two attached hydrogens (primary N) is 1. The summed E-state index contributed by atoms with van der Waals surface area (Å²) in [5.74, 6) is 5.68. The molecule has 5 heteroatoms. The fourth-order valence-corrected chi connectivity index (χ4v) is 2.34. The Balaban J connectivity index is 2.83. The second-order valence-corrected chi connectivity index (χ2v) is 3.96. The summed E-state index contributed by atoms with van der Waals surface area (Å²) >= 11 is 3.10. The number of hydrogen-bond donors (Lipinski definition) is 2. The number of amides is 1. The van der Waals surface area contributed by atoms with Crippen LogP contribution in [0.5, 0.6) is 0 Å². The van der Waals surface area contributed by atoms with Crippen LogP contribution in [0.4, 0.5) is 0 Å². The van der Waals surface area contributed by atoms with Gasteiger partial charge in [0.25, 0.3) is 5.91 Å². The summed E-state index contributed by atoms with van der Waals surface area (Å²) < 4.78 is 0. The van der Waals surface area contributed by atoms with E-state index < -0.39 is 0 Å². The second-order valence-electron chi connectivity index (χ2n) is 2.18. The van der Waals surface area contributed by atoms with Crippen molar-refractivity contribution < 1.29 is 4.79 Å². The van der Waals surface area contributed by atoms with Gasteiger partial charge in [-0.25, -0.2) is 5.84 Å². The van der Waals surface area contributed by atoms with Gasteiger partial charge in [0, 0.05) is 5.75 Å². The Bertz CT molecular complexity index is 272. The molecular weight excluding hydrogens is 192 g/mol. The topological polar surface area (TPSA) is 55.1 Å². The minimum atomic E-state index is -0.200. The van der Waals surface area contributed by atoms with Crippen LogP contribution in [-0.4, -0.2) is 12.2 Å². The van der Waals surface area contributed by atoms with E-state index in [0.717, 1.165) is 11.3 Å². The molecule has 0 saturated carbocycles. The van der Waals surface area contributed by atoms with Gasteiger partial charge >= 0.3 is 0 Å². The van der Waals surface area contributed by atoms with Crippen LogP contribution in [0.3, 0.4) is 0 Å². The van der Waals surface area contributed by atoms with E-state index in [4.69, 9.17) is 5.84 Å². The van der Waals surface area contributed by atoms with E-state index in [1.54, 1.807) is 11.8 Å². The quantitative estimate of drug-likeness (QED) is 0.440. The molecule has 1 rings (SSSR count). The first kappa shape index (κ1) is 9.57. The van der Waals surface area contributed by atoms with Crippen LogP contribution in [0.25, 0.3) is 0 Å². The van der Waals surface area contributed by atoms with Crippen LogP contribution >= 0.6 is 23.1 Å². The molecule has 1 aromatic heterocycles. The predicted octanol–water partition coefficient (Wildman–Crippen LogP) is 1.21. The van der Waals surface area contributed by atoms with Gasteiger partial charge in [0.1, 0.15) is 0 Å². The Morgan fingerprint density at radius 3 is 3.17 bits per heavy atom. The van der Waals surface area contributed by atoms with E-state index in [0.29, 0.717) is 4.88 Å². The summed E-state index contributed by atoms with van der Waals surface area (Å²) in [6.45, 7) is 0. The zero-order valence-electron chi connectivity index (χ0n) is 6.66. The number of carbonyl (C=O) groups is 1. The number of hydrogen-bond acceptors (Lipinski definition) is 4. The summed E-state index contributed by atoms with van der Waals surface area (Å²) in [5, 5.41) is 1.90. The second kappa shape index (κ2) is 4.49. The Hall–Kier alpha value is -0.520. The lowest BCUT2D eigenvalue weighted by Crippen LogP contribution is -2.29. The highest BCUT2D eigenvalue weighted by Gasteiger charge is 2.10. The predicted molar refractivity (Wildman–Crippen MR) is 53.2 cm³/mol. The summed E-state index contributed by atoms with van der Waals surface area (Å²) in [4.78, 5) is 11.8. The van der Waals surface area contributed by atoms with E-state index in [9.17, 15) is 4.79 Å². The third-order valence-corrected chi connectivity index (χ3v) is 2.94. The standard InChI is InChI=1S/C7H10N2OS2/c1-11-4-5-2-3-12-6(5)7(10)9-8/h2-3H,4,8H2,1H3,(H,9,10). The van der Waals surface area contributed by atoms with Crippen LogP contribution in [0.15, 0.2) is 11.4 Å². The minimum Gasteiger partial charge on any atom is -0.289 e. The summed E-state index contributed by atoms with van der Waals surface area (Å²) in [6, 6.07) is 1.95. The maximum absolute atomic E-state index is 11.1. The van der Waals surface area contributed by atoms with Crippen molar-refractivity contribution in [2.24, 2.45) is 5.84 Å². The van der Waals surface area contributed by atoms with Crippen molar-refractivity contribution in [2.75, 3.05) is 6.26 Å². The number of hydrazine groups is 1. The lowest BCUT2D eigenvalue weighted by molar-refractivity contribution is 0.0957. The summed E-state index contributed by atoms with van der Waals surface area (Å²) in [6.07, 6.45) is 2.00. The lowest BCUT2D eigenvalue weighted by Gasteiger charge is -1.99. The lowest BCUT2D eigenvalue weighted by atomic mass is 10.3. The molecule has 0 aliphatic rings. The number of nitrogen functional groups attached to an aromatic ring is 1. The van der Waals surface area contributed by atoms with Gasteiger partial charge in [-0.05, 0) is 23.3 Å². The highest BCUT2D eigenvalue weighted by Crippen LogP contribution is 2.20. The number of nitrogens with one attached hydrogen (secondary N) is 1. The maximum atomic E-state index is 11.1. The Morgan fingerprint density at radius 1 is 1.83 bits per heavy atom. The van der Waals surface area contributed by atoms with Gasteiger partial charge in [-0.2, -0.15) is 11.8 Å². The fraction of sp³-hybridized carbons (Fsp3) is 0.286. The molecule has 0 unspecified atom stereocenters. The third-order valence-electron chi connectivity index (χ3n) is 1.38. The summed E-state index contributed by atoms with van der Waals surface area (Å²) in [7, 11) is 0. The van der Waals surface area contributed by atoms with Crippen molar-refractivity contribution in [3.8, 4) is 0 Å². The molecule has 0 aliphatic carbocycles. The fourth-order valence-electron chi connectivity index (χ4n) is 0.870. The van der Waals surface area contributed by atoms with Gasteiger partial charge in [-0.15, -0.1) is 11.3 Å². The molecule has 0 fully saturated rings. The monoisotopic (exact) mass is 202 g/mol. The van der Waals surface area contributed by atoms with Gasteiger partial charge in [0.15, 0.2) is 0 Å². The van der Waals surface area contributed by atoms with Crippen molar-refractivity contribution in [3.63, 3.8) is 0 Å². The molecule has 1 amide bonds. The van der Waals surface area contributed by atoms with Crippen molar-refractivity contribution in [1.29, 1.82) is 0 Å². The molecule has 66 valence electrons. The first-order valence-corrected chi connectivity index (χ1v) is 5.63. The van der Waals surface area contributed by atoms with E-state index in [2.05, 4.69) is 5.43 Å². The molecule has 0 saturated heterocycles. The molecule has 1 heterocycles. The van der Waals surface area contributed by atoms with E-state index >= 15 is 0 Å². The van der Waals surface area contributed by atoms with E-state index in [1.165, 1.54) is 11.3 Å². The Kier molecular flexibility index (Phi) is 3.58. The van der Waals surface area contributed by atoms with Crippen LogP contribution in [0, 0.1) is 0 Å².